The first-order valence-electron chi connectivity index (χ1n) is 5.40. The van der Waals surface area contributed by atoms with Crippen LogP contribution in [0, 0.1) is 13.8 Å². The van der Waals surface area contributed by atoms with Gasteiger partial charge >= 0.3 is 0 Å². The molecule has 0 saturated heterocycles. The first-order chi connectivity index (χ1) is 8.08. The number of Topliss-reactive ketones (excluding diaryl/α,β-unsaturated/α-hetero) is 1. The van der Waals surface area contributed by atoms with Crippen LogP contribution >= 0.6 is 22.9 Å². The van der Waals surface area contributed by atoms with Crippen molar-refractivity contribution in [1.82, 2.24) is 0 Å². The summed E-state index contributed by atoms with van der Waals surface area (Å²) in [5.74, 6) is 0.142. The Balaban J connectivity index is 2.22. The third kappa shape index (κ3) is 2.76. The van der Waals surface area contributed by atoms with Gasteiger partial charge in [-0.1, -0.05) is 23.7 Å². The molecule has 1 nitrogen and oxygen atoms in total. The van der Waals surface area contributed by atoms with Crippen molar-refractivity contribution in [3.63, 3.8) is 0 Å². The number of carbonyl (C=O) groups is 1. The van der Waals surface area contributed by atoms with Crippen LogP contribution in [-0.4, -0.2) is 5.78 Å². The second-order valence-electron chi connectivity index (χ2n) is 4.13. The van der Waals surface area contributed by atoms with Crippen LogP contribution in [-0.2, 0) is 6.42 Å². The zero-order chi connectivity index (χ0) is 12.4. The summed E-state index contributed by atoms with van der Waals surface area (Å²) in [5, 5.41) is 2.62. The lowest BCUT2D eigenvalue weighted by atomic mass is 10.0. The van der Waals surface area contributed by atoms with E-state index >= 15 is 0 Å². The third-order valence-corrected chi connectivity index (χ3v) is 4.08. The Labute approximate surface area is 110 Å². The van der Waals surface area contributed by atoms with Crippen molar-refractivity contribution in [3.8, 4) is 0 Å². The van der Waals surface area contributed by atoms with Crippen molar-refractivity contribution in [3.05, 3.63) is 56.2 Å². The lowest BCUT2D eigenvalue weighted by Gasteiger charge is -2.04. The van der Waals surface area contributed by atoms with Gasteiger partial charge in [-0.3, -0.25) is 4.79 Å². The fraction of sp³-hybridized carbons (Fsp3) is 0.214. The maximum Gasteiger partial charge on any atom is 0.177 e. The van der Waals surface area contributed by atoms with Crippen molar-refractivity contribution in [2.75, 3.05) is 0 Å². The normalized spacial score (nSPS) is 10.5. The van der Waals surface area contributed by atoms with E-state index in [2.05, 4.69) is 0 Å². The minimum Gasteiger partial charge on any atom is -0.293 e. The predicted molar refractivity (Wildman–Crippen MR) is 73.3 cm³/mol. The largest absolute Gasteiger partial charge is 0.293 e. The average Bonchev–Trinajstić information content (AvgIpc) is 2.68. The smallest absolute Gasteiger partial charge is 0.177 e. The van der Waals surface area contributed by atoms with E-state index in [1.54, 1.807) is 0 Å². The highest BCUT2D eigenvalue weighted by atomic mass is 35.5. The van der Waals surface area contributed by atoms with Gasteiger partial charge in [0.05, 0.1) is 4.88 Å². The molecule has 0 N–H and O–H groups in total. The van der Waals surface area contributed by atoms with E-state index in [1.807, 2.05) is 43.5 Å². The molecule has 0 radical (unpaired) electrons. The number of ketones is 1. The SMILES string of the molecule is Cc1ccc(CC(=O)c2sccc2C)c(Cl)c1. The Morgan fingerprint density at radius 2 is 2.06 bits per heavy atom. The quantitative estimate of drug-likeness (QED) is 0.749. The molecule has 0 aliphatic rings. The molecular weight excluding hydrogens is 252 g/mol. The Hall–Kier alpha value is -1.12. The van der Waals surface area contributed by atoms with Gasteiger partial charge < -0.3 is 0 Å². The standard InChI is InChI=1S/C14H13ClOS/c1-9-3-4-11(12(15)7-9)8-13(16)14-10(2)5-6-17-14/h3-7H,8H2,1-2H3. The lowest BCUT2D eigenvalue weighted by molar-refractivity contribution is 0.0996. The maximum absolute atomic E-state index is 12.1. The molecule has 2 rings (SSSR count). The van der Waals surface area contributed by atoms with Gasteiger partial charge in [0.25, 0.3) is 0 Å². The van der Waals surface area contributed by atoms with Crippen molar-refractivity contribution in [2.45, 2.75) is 20.3 Å². The number of hydrogen-bond acceptors (Lipinski definition) is 2. The highest BCUT2D eigenvalue weighted by Crippen LogP contribution is 2.22. The summed E-state index contributed by atoms with van der Waals surface area (Å²) in [5.41, 5.74) is 3.05. The van der Waals surface area contributed by atoms with Crippen molar-refractivity contribution in [1.29, 1.82) is 0 Å². The minimum absolute atomic E-state index is 0.142. The molecule has 0 fully saturated rings. The third-order valence-electron chi connectivity index (χ3n) is 2.67. The minimum atomic E-state index is 0.142. The Bertz CT molecular complexity index is 557. The molecule has 1 heterocycles. The molecule has 0 amide bonds. The molecule has 0 saturated carbocycles. The highest BCUT2D eigenvalue weighted by molar-refractivity contribution is 7.12. The molecule has 0 aliphatic carbocycles. The van der Waals surface area contributed by atoms with E-state index in [9.17, 15) is 4.79 Å². The molecule has 17 heavy (non-hydrogen) atoms. The summed E-state index contributed by atoms with van der Waals surface area (Å²) in [4.78, 5) is 12.9. The molecule has 88 valence electrons. The summed E-state index contributed by atoms with van der Waals surface area (Å²) >= 11 is 7.62. The topological polar surface area (TPSA) is 17.1 Å². The van der Waals surface area contributed by atoms with E-state index in [0.29, 0.717) is 11.4 Å². The number of halogens is 1. The first-order valence-corrected chi connectivity index (χ1v) is 6.66. The summed E-state index contributed by atoms with van der Waals surface area (Å²) in [7, 11) is 0. The Morgan fingerprint density at radius 3 is 2.65 bits per heavy atom. The van der Waals surface area contributed by atoms with Crippen molar-refractivity contribution < 1.29 is 4.79 Å². The van der Waals surface area contributed by atoms with Crippen molar-refractivity contribution in [2.24, 2.45) is 0 Å². The molecule has 0 atom stereocenters. The van der Waals surface area contributed by atoms with Gasteiger partial charge in [-0.05, 0) is 48.1 Å². The first kappa shape index (κ1) is 12.3. The van der Waals surface area contributed by atoms with Crippen LogP contribution < -0.4 is 0 Å². The number of carbonyl (C=O) groups excluding carboxylic acids is 1. The van der Waals surface area contributed by atoms with E-state index in [1.165, 1.54) is 11.3 Å². The van der Waals surface area contributed by atoms with Crippen LogP contribution in [0.25, 0.3) is 0 Å². The highest BCUT2D eigenvalue weighted by Gasteiger charge is 2.12. The van der Waals surface area contributed by atoms with Crippen LogP contribution in [0.5, 0.6) is 0 Å². The van der Waals surface area contributed by atoms with Crippen LogP contribution in [0.4, 0.5) is 0 Å². The van der Waals surface area contributed by atoms with Crippen molar-refractivity contribution >= 4 is 28.7 Å². The number of aryl methyl sites for hydroxylation is 2. The molecule has 0 aliphatic heterocycles. The number of thiophene rings is 1. The summed E-state index contributed by atoms with van der Waals surface area (Å²) in [6.07, 6.45) is 0.375. The van der Waals surface area contributed by atoms with Crippen LogP contribution in [0.3, 0.4) is 0 Å². The number of rotatable bonds is 3. The van der Waals surface area contributed by atoms with E-state index < -0.39 is 0 Å². The average molecular weight is 265 g/mol. The molecular formula is C14H13ClOS. The Kier molecular flexibility index (Phi) is 3.65. The molecule has 0 unspecified atom stereocenters. The van der Waals surface area contributed by atoms with Gasteiger partial charge in [0, 0.05) is 11.4 Å². The van der Waals surface area contributed by atoms with Gasteiger partial charge in [0.2, 0.25) is 0 Å². The molecule has 3 heteroatoms. The van der Waals surface area contributed by atoms with Gasteiger partial charge in [0.1, 0.15) is 0 Å². The lowest BCUT2D eigenvalue weighted by Crippen LogP contribution is -2.03. The number of hydrogen-bond donors (Lipinski definition) is 0. The molecule has 1 aromatic heterocycles. The van der Waals surface area contributed by atoms with Crippen LogP contribution in [0.15, 0.2) is 29.6 Å². The van der Waals surface area contributed by atoms with Crippen LogP contribution in [0.1, 0.15) is 26.4 Å². The molecule has 0 bridgehead atoms. The van der Waals surface area contributed by atoms with Gasteiger partial charge in [-0.25, -0.2) is 0 Å². The van der Waals surface area contributed by atoms with Gasteiger partial charge in [0.15, 0.2) is 5.78 Å². The van der Waals surface area contributed by atoms with Gasteiger partial charge in [-0.2, -0.15) is 0 Å². The van der Waals surface area contributed by atoms with Gasteiger partial charge in [-0.15, -0.1) is 11.3 Å². The Morgan fingerprint density at radius 1 is 1.29 bits per heavy atom. The fourth-order valence-corrected chi connectivity index (χ4v) is 2.88. The molecule has 1 aromatic carbocycles. The predicted octanol–water partition coefficient (Wildman–Crippen LogP) is 4.44. The fourth-order valence-electron chi connectivity index (χ4n) is 1.71. The molecule has 2 aromatic rings. The van der Waals surface area contributed by atoms with E-state index in [4.69, 9.17) is 11.6 Å². The zero-order valence-corrected chi connectivity index (χ0v) is 11.4. The summed E-state index contributed by atoms with van der Waals surface area (Å²) < 4.78 is 0. The maximum atomic E-state index is 12.1. The summed E-state index contributed by atoms with van der Waals surface area (Å²) in [6.45, 7) is 3.95. The second kappa shape index (κ2) is 5.03. The van der Waals surface area contributed by atoms with E-state index in [0.717, 1.165) is 21.6 Å². The zero-order valence-electron chi connectivity index (χ0n) is 9.79. The monoisotopic (exact) mass is 264 g/mol. The number of benzene rings is 1. The van der Waals surface area contributed by atoms with E-state index in [-0.39, 0.29) is 5.78 Å². The summed E-state index contributed by atoms with van der Waals surface area (Å²) in [6, 6.07) is 7.77. The molecule has 0 spiro atoms. The van der Waals surface area contributed by atoms with Crippen LogP contribution in [0.2, 0.25) is 5.02 Å². The second-order valence-corrected chi connectivity index (χ2v) is 5.45.